The van der Waals surface area contributed by atoms with Gasteiger partial charge in [-0.3, -0.25) is 4.79 Å². The van der Waals surface area contributed by atoms with Crippen molar-refractivity contribution >= 4 is 5.97 Å². The van der Waals surface area contributed by atoms with E-state index in [0.717, 1.165) is 25.9 Å². The molecule has 1 heterocycles. The quantitative estimate of drug-likeness (QED) is 0.788. The summed E-state index contributed by atoms with van der Waals surface area (Å²) in [5.74, 6) is -4.11. The molecule has 0 aromatic heterocycles. The second-order valence-corrected chi connectivity index (χ2v) is 4.74. The van der Waals surface area contributed by atoms with E-state index in [9.17, 15) is 18.0 Å². The average molecular weight is 268 g/mol. The first-order chi connectivity index (χ1) is 8.30. The molecule has 1 aliphatic heterocycles. The maximum absolute atomic E-state index is 12.5. The van der Waals surface area contributed by atoms with Crippen LogP contribution in [0.25, 0.3) is 0 Å². The number of carbonyl (C=O) groups is 1. The zero-order chi connectivity index (χ0) is 13.8. The van der Waals surface area contributed by atoms with Crippen LogP contribution < -0.4 is 0 Å². The van der Waals surface area contributed by atoms with Crippen molar-refractivity contribution in [1.29, 1.82) is 0 Å². The molecule has 18 heavy (non-hydrogen) atoms. The Bertz CT molecular complexity index is 278. The summed E-state index contributed by atoms with van der Waals surface area (Å²) in [6.45, 7) is 2.62. The van der Waals surface area contributed by atoms with Gasteiger partial charge in [0.25, 0.3) is 0 Å². The third kappa shape index (κ3) is 4.81. The Morgan fingerprint density at radius 1 is 1.39 bits per heavy atom. The summed E-state index contributed by atoms with van der Waals surface area (Å²) >= 11 is 0. The number of likely N-dealkylation sites (tertiary alicyclic amines) is 1. The Morgan fingerprint density at radius 3 is 2.39 bits per heavy atom. The minimum Gasteiger partial charge on any atom is -0.481 e. The maximum atomic E-state index is 12.5. The molecule has 1 saturated heterocycles. The standard InChI is InChI=1S/C11H19F3N2O2/c1-15(6-7-16-4-2-3-5-16)8-9(10(17)18)11(12,13)14/h9H,2-8H2,1H3,(H,17,18). The number of alkyl halides is 3. The Morgan fingerprint density at radius 2 is 1.94 bits per heavy atom. The van der Waals surface area contributed by atoms with Crippen molar-refractivity contribution < 1.29 is 23.1 Å². The largest absolute Gasteiger partial charge is 0.481 e. The third-order valence-electron chi connectivity index (χ3n) is 3.18. The maximum Gasteiger partial charge on any atom is 0.403 e. The number of halogens is 3. The predicted molar refractivity (Wildman–Crippen MR) is 60.4 cm³/mol. The number of rotatable bonds is 6. The van der Waals surface area contributed by atoms with E-state index in [1.54, 1.807) is 0 Å². The zero-order valence-corrected chi connectivity index (χ0v) is 10.4. The topological polar surface area (TPSA) is 43.8 Å². The van der Waals surface area contributed by atoms with Crippen molar-refractivity contribution in [2.24, 2.45) is 5.92 Å². The molecule has 1 aliphatic rings. The highest BCUT2D eigenvalue weighted by Gasteiger charge is 2.45. The molecule has 0 radical (unpaired) electrons. The third-order valence-corrected chi connectivity index (χ3v) is 3.18. The lowest BCUT2D eigenvalue weighted by Gasteiger charge is -2.25. The summed E-state index contributed by atoms with van der Waals surface area (Å²) in [4.78, 5) is 14.2. The van der Waals surface area contributed by atoms with Gasteiger partial charge in [-0.25, -0.2) is 0 Å². The van der Waals surface area contributed by atoms with Crippen LogP contribution in [0.5, 0.6) is 0 Å². The molecule has 0 aromatic carbocycles. The minimum atomic E-state index is -4.69. The first kappa shape index (κ1) is 15.2. The van der Waals surface area contributed by atoms with Gasteiger partial charge in [0.2, 0.25) is 0 Å². The van der Waals surface area contributed by atoms with Crippen molar-refractivity contribution in [2.45, 2.75) is 19.0 Å². The number of likely N-dealkylation sites (N-methyl/N-ethyl adjacent to an activating group) is 1. The van der Waals surface area contributed by atoms with Crippen molar-refractivity contribution in [3.63, 3.8) is 0 Å². The van der Waals surface area contributed by atoms with Gasteiger partial charge < -0.3 is 14.9 Å². The van der Waals surface area contributed by atoms with Crippen LogP contribution in [0, 0.1) is 5.92 Å². The van der Waals surface area contributed by atoms with E-state index in [1.165, 1.54) is 11.9 Å². The van der Waals surface area contributed by atoms with Gasteiger partial charge >= 0.3 is 12.1 Å². The SMILES string of the molecule is CN(CCN1CCCC1)CC(C(=O)O)C(F)(F)F. The Hall–Kier alpha value is -0.820. The molecular formula is C11H19F3N2O2. The summed E-state index contributed by atoms with van der Waals surface area (Å²) in [6, 6.07) is 0. The van der Waals surface area contributed by atoms with Crippen LogP contribution in [-0.2, 0) is 4.79 Å². The molecule has 7 heteroatoms. The van der Waals surface area contributed by atoms with Crippen LogP contribution in [0.3, 0.4) is 0 Å². The summed E-state index contributed by atoms with van der Waals surface area (Å²) in [5.41, 5.74) is 0. The summed E-state index contributed by atoms with van der Waals surface area (Å²) in [6.07, 6.45) is -2.43. The monoisotopic (exact) mass is 268 g/mol. The molecule has 0 aromatic rings. The molecule has 0 amide bonds. The number of aliphatic carboxylic acids is 1. The molecule has 106 valence electrons. The molecule has 0 spiro atoms. The predicted octanol–water partition coefficient (Wildman–Crippen LogP) is 1.28. The normalized spacial score (nSPS) is 19.4. The van der Waals surface area contributed by atoms with Gasteiger partial charge in [0.05, 0.1) is 0 Å². The van der Waals surface area contributed by atoms with Gasteiger partial charge in [-0.2, -0.15) is 13.2 Å². The van der Waals surface area contributed by atoms with Gasteiger partial charge in [-0.05, 0) is 33.0 Å². The molecule has 1 fully saturated rings. The molecule has 0 bridgehead atoms. The lowest BCUT2D eigenvalue weighted by molar-refractivity contribution is -0.196. The van der Waals surface area contributed by atoms with Gasteiger partial charge in [-0.1, -0.05) is 0 Å². The Labute approximate surface area is 104 Å². The van der Waals surface area contributed by atoms with E-state index in [-0.39, 0.29) is 0 Å². The molecule has 4 nitrogen and oxygen atoms in total. The van der Waals surface area contributed by atoms with Gasteiger partial charge in [0.1, 0.15) is 0 Å². The van der Waals surface area contributed by atoms with Crippen LogP contribution >= 0.6 is 0 Å². The molecule has 0 aliphatic carbocycles. The number of hydrogen-bond acceptors (Lipinski definition) is 3. The van der Waals surface area contributed by atoms with Crippen molar-refractivity contribution in [3.8, 4) is 0 Å². The molecular weight excluding hydrogens is 249 g/mol. The van der Waals surface area contributed by atoms with E-state index < -0.39 is 24.6 Å². The Balaban J connectivity index is 2.36. The molecule has 0 saturated carbocycles. The highest BCUT2D eigenvalue weighted by atomic mass is 19.4. The second kappa shape index (κ2) is 6.38. The van der Waals surface area contributed by atoms with E-state index in [4.69, 9.17) is 5.11 Å². The zero-order valence-electron chi connectivity index (χ0n) is 10.4. The van der Waals surface area contributed by atoms with Crippen LogP contribution in [0.1, 0.15) is 12.8 Å². The minimum absolute atomic E-state index is 0.458. The van der Waals surface area contributed by atoms with E-state index in [1.807, 2.05) is 0 Å². The van der Waals surface area contributed by atoms with Crippen molar-refractivity contribution in [3.05, 3.63) is 0 Å². The second-order valence-electron chi connectivity index (χ2n) is 4.74. The summed E-state index contributed by atoms with van der Waals surface area (Å²) < 4.78 is 37.4. The summed E-state index contributed by atoms with van der Waals surface area (Å²) in [7, 11) is 1.53. The lowest BCUT2D eigenvalue weighted by Crippen LogP contribution is -2.42. The molecule has 1 atom stereocenters. The van der Waals surface area contributed by atoms with E-state index >= 15 is 0 Å². The average Bonchev–Trinajstić information content (AvgIpc) is 2.73. The van der Waals surface area contributed by atoms with Gasteiger partial charge in [0.15, 0.2) is 5.92 Å². The highest BCUT2D eigenvalue weighted by molar-refractivity contribution is 5.71. The van der Waals surface area contributed by atoms with Crippen LogP contribution in [0.15, 0.2) is 0 Å². The fourth-order valence-electron chi connectivity index (χ4n) is 2.04. The van der Waals surface area contributed by atoms with Crippen LogP contribution in [-0.4, -0.2) is 66.8 Å². The first-order valence-electron chi connectivity index (χ1n) is 6.01. The fraction of sp³-hybridized carbons (Fsp3) is 0.909. The van der Waals surface area contributed by atoms with Gasteiger partial charge in [0, 0.05) is 19.6 Å². The van der Waals surface area contributed by atoms with Gasteiger partial charge in [-0.15, -0.1) is 0 Å². The summed E-state index contributed by atoms with van der Waals surface area (Å²) in [5, 5.41) is 8.58. The number of hydrogen-bond donors (Lipinski definition) is 1. The van der Waals surface area contributed by atoms with Crippen LogP contribution in [0.2, 0.25) is 0 Å². The molecule has 1 unspecified atom stereocenters. The first-order valence-corrected chi connectivity index (χ1v) is 6.01. The van der Waals surface area contributed by atoms with Crippen molar-refractivity contribution in [1.82, 2.24) is 9.80 Å². The highest BCUT2D eigenvalue weighted by Crippen LogP contribution is 2.27. The fourth-order valence-corrected chi connectivity index (χ4v) is 2.04. The Kier molecular flexibility index (Phi) is 5.40. The molecule has 1 rings (SSSR count). The number of carboxylic acid groups (broad SMARTS) is 1. The lowest BCUT2D eigenvalue weighted by atomic mass is 10.1. The molecule has 1 N–H and O–H groups in total. The number of carboxylic acids is 1. The smallest absolute Gasteiger partial charge is 0.403 e. The van der Waals surface area contributed by atoms with Crippen LogP contribution in [0.4, 0.5) is 13.2 Å². The van der Waals surface area contributed by atoms with Crippen molar-refractivity contribution in [2.75, 3.05) is 39.8 Å². The van der Waals surface area contributed by atoms with E-state index in [2.05, 4.69) is 4.90 Å². The number of nitrogens with zero attached hydrogens (tertiary/aromatic N) is 2. The van der Waals surface area contributed by atoms with E-state index in [0.29, 0.717) is 13.1 Å².